The summed E-state index contributed by atoms with van der Waals surface area (Å²) >= 11 is 0. The van der Waals surface area contributed by atoms with Crippen molar-refractivity contribution in [2.24, 2.45) is 11.8 Å². The van der Waals surface area contributed by atoms with E-state index < -0.39 is 22.0 Å². The average molecular weight is 271 g/mol. The van der Waals surface area contributed by atoms with Gasteiger partial charge in [0.15, 0.2) is 0 Å². The quantitative estimate of drug-likeness (QED) is 0.398. The summed E-state index contributed by atoms with van der Waals surface area (Å²) in [5, 5.41) is 0. The predicted molar refractivity (Wildman–Crippen MR) is 67.7 cm³/mol. The second kappa shape index (κ2) is 5.94. The number of hydrogen-bond acceptors (Lipinski definition) is 4. The minimum absolute atomic E-state index is 0.112. The van der Waals surface area contributed by atoms with E-state index in [9.17, 15) is 13.2 Å². The Balaban J connectivity index is 2.97. The van der Waals surface area contributed by atoms with Crippen LogP contribution in [0.2, 0.25) is 0 Å². The standard InChI is InChI=1S/C11H17N3O3S/c1-8(2)10(11(15)13-12)14-18(16,17)9-6-4-3-5-7-9/h3-8,10,14H,12H2,1-2H3,(H,13,15)/t10-/m0/s1. The molecule has 1 rings (SSSR count). The zero-order chi connectivity index (χ0) is 13.8. The number of rotatable bonds is 5. The first kappa shape index (κ1) is 14.6. The molecule has 0 unspecified atom stereocenters. The first-order valence-corrected chi connectivity index (χ1v) is 6.94. The topological polar surface area (TPSA) is 101 Å². The lowest BCUT2D eigenvalue weighted by Crippen LogP contribution is -2.51. The summed E-state index contributed by atoms with van der Waals surface area (Å²) in [5.41, 5.74) is 1.95. The molecule has 6 nitrogen and oxygen atoms in total. The molecule has 1 atom stereocenters. The molecule has 0 aliphatic carbocycles. The van der Waals surface area contributed by atoms with Crippen molar-refractivity contribution in [3.8, 4) is 0 Å². The first-order valence-electron chi connectivity index (χ1n) is 5.46. The highest BCUT2D eigenvalue weighted by atomic mass is 32.2. The predicted octanol–water partition coefficient (Wildman–Crippen LogP) is -0.0206. The summed E-state index contributed by atoms with van der Waals surface area (Å²) < 4.78 is 26.4. The Morgan fingerprint density at radius 3 is 2.22 bits per heavy atom. The minimum Gasteiger partial charge on any atom is -0.293 e. The lowest BCUT2D eigenvalue weighted by Gasteiger charge is -2.20. The van der Waals surface area contributed by atoms with Gasteiger partial charge in [0.25, 0.3) is 5.91 Å². The van der Waals surface area contributed by atoms with Crippen molar-refractivity contribution in [3.63, 3.8) is 0 Å². The maximum absolute atomic E-state index is 12.0. The summed E-state index contributed by atoms with van der Waals surface area (Å²) in [6.45, 7) is 3.46. The molecule has 0 spiro atoms. The van der Waals surface area contributed by atoms with Gasteiger partial charge in [0.1, 0.15) is 6.04 Å². The molecule has 100 valence electrons. The second-order valence-electron chi connectivity index (χ2n) is 4.16. The maximum Gasteiger partial charge on any atom is 0.252 e. The van der Waals surface area contributed by atoms with Crippen LogP contribution in [0.1, 0.15) is 13.8 Å². The number of nitrogens with two attached hydrogens (primary N) is 1. The maximum atomic E-state index is 12.0. The van der Waals surface area contributed by atoms with Gasteiger partial charge in [0.05, 0.1) is 4.90 Å². The number of sulfonamides is 1. The Hall–Kier alpha value is -1.44. The smallest absolute Gasteiger partial charge is 0.252 e. The Labute approximate surface area is 107 Å². The van der Waals surface area contributed by atoms with Crippen LogP contribution in [0.3, 0.4) is 0 Å². The number of carbonyl (C=O) groups is 1. The lowest BCUT2D eigenvalue weighted by atomic mass is 10.1. The van der Waals surface area contributed by atoms with E-state index in [-0.39, 0.29) is 10.8 Å². The summed E-state index contributed by atoms with van der Waals surface area (Å²) in [6, 6.07) is 6.95. The third kappa shape index (κ3) is 3.52. The number of carbonyl (C=O) groups excluding carboxylic acids is 1. The highest BCUT2D eigenvalue weighted by molar-refractivity contribution is 7.89. The molecular weight excluding hydrogens is 254 g/mol. The van der Waals surface area contributed by atoms with Gasteiger partial charge < -0.3 is 0 Å². The molecule has 1 amide bonds. The SMILES string of the molecule is CC(C)[C@H](NS(=O)(=O)c1ccccc1)C(=O)NN. The number of hydrazine groups is 1. The lowest BCUT2D eigenvalue weighted by molar-refractivity contribution is -0.123. The third-order valence-electron chi connectivity index (χ3n) is 2.43. The van der Waals surface area contributed by atoms with Crippen molar-refractivity contribution >= 4 is 15.9 Å². The van der Waals surface area contributed by atoms with E-state index in [2.05, 4.69) is 4.72 Å². The van der Waals surface area contributed by atoms with Crippen LogP contribution in [0.4, 0.5) is 0 Å². The van der Waals surface area contributed by atoms with E-state index >= 15 is 0 Å². The fourth-order valence-electron chi connectivity index (χ4n) is 1.42. The summed E-state index contributed by atoms with van der Waals surface area (Å²) in [6.07, 6.45) is 0. The van der Waals surface area contributed by atoms with Gasteiger partial charge in [0, 0.05) is 0 Å². The molecule has 1 aromatic rings. The van der Waals surface area contributed by atoms with E-state index in [4.69, 9.17) is 5.84 Å². The largest absolute Gasteiger partial charge is 0.293 e. The number of nitrogens with one attached hydrogen (secondary N) is 2. The molecule has 7 heteroatoms. The fraction of sp³-hybridized carbons (Fsp3) is 0.364. The Kier molecular flexibility index (Phi) is 4.83. The highest BCUT2D eigenvalue weighted by Crippen LogP contribution is 2.11. The van der Waals surface area contributed by atoms with Gasteiger partial charge in [0.2, 0.25) is 10.0 Å². The Morgan fingerprint density at radius 1 is 1.22 bits per heavy atom. The molecule has 0 radical (unpaired) electrons. The monoisotopic (exact) mass is 271 g/mol. The number of benzene rings is 1. The molecule has 0 fully saturated rings. The van der Waals surface area contributed by atoms with Crippen LogP contribution >= 0.6 is 0 Å². The van der Waals surface area contributed by atoms with Crippen LogP contribution in [0, 0.1) is 5.92 Å². The van der Waals surface area contributed by atoms with Gasteiger partial charge >= 0.3 is 0 Å². The van der Waals surface area contributed by atoms with E-state index in [0.29, 0.717) is 0 Å². The Bertz CT molecular complexity index is 500. The molecule has 0 saturated heterocycles. The van der Waals surface area contributed by atoms with Gasteiger partial charge in [-0.25, -0.2) is 14.3 Å². The van der Waals surface area contributed by atoms with Gasteiger partial charge in [-0.15, -0.1) is 0 Å². The fourth-order valence-corrected chi connectivity index (χ4v) is 2.78. The van der Waals surface area contributed by atoms with Gasteiger partial charge in [-0.05, 0) is 18.1 Å². The van der Waals surface area contributed by atoms with Crippen LogP contribution in [0.5, 0.6) is 0 Å². The van der Waals surface area contributed by atoms with E-state index in [1.54, 1.807) is 32.0 Å². The molecule has 18 heavy (non-hydrogen) atoms. The van der Waals surface area contributed by atoms with E-state index in [1.807, 2.05) is 5.43 Å². The molecule has 0 aromatic heterocycles. The number of amides is 1. The molecule has 4 N–H and O–H groups in total. The zero-order valence-electron chi connectivity index (χ0n) is 10.3. The summed E-state index contributed by atoms with van der Waals surface area (Å²) in [5.74, 6) is 4.25. The molecule has 1 aromatic carbocycles. The number of hydrogen-bond donors (Lipinski definition) is 3. The van der Waals surface area contributed by atoms with Crippen molar-refractivity contribution in [1.29, 1.82) is 0 Å². The summed E-state index contributed by atoms with van der Waals surface area (Å²) in [7, 11) is -3.73. The van der Waals surface area contributed by atoms with Crippen molar-refractivity contribution in [3.05, 3.63) is 30.3 Å². The highest BCUT2D eigenvalue weighted by Gasteiger charge is 2.27. The summed E-state index contributed by atoms with van der Waals surface area (Å²) in [4.78, 5) is 11.6. The van der Waals surface area contributed by atoms with Crippen molar-refractivity contribution in [2.75, 3.05) is 0 Å². The molecule has 0 bridgehead atoms. The van der Waals surface area contributed by atoms with Crippen molar-refractivity contribution in [2.45, 2.75) is 24.8 Å². The van der Waals surface area contributed by atoms with Crippen LogP contribution in [-0.2, 0) is 14.8 Å². The minimum atomic E-state index is -3.73. The molecule has 0 aliphatic rings. The van der Waals surface area contributed by atoms with Gasteiger partial charge in [-0.3, -0.25) is 10.2 Å². The van der Waals surface area contributed by atoms with Gasteiger partial charge in [-0.2, -0.15) is 4.72 Å². The molecular formula is C11H17N3O3S. The van der Waals surface area contributed by atoms with Crippen LogP contribution in [-0.4, -0.2) is 20.4 Å². The zero-order valence-corrected chi connectivity index (χ0v) is 11.1. The average Bonchev–Trinajstić information content (AvgIpc) is 2.36. The normalized spacial score (nSPS) is 13.3. The van der Waals surface area contributed by atoms with Crippen LogP contribution in [0.15, 0.2) is 35.2 Å². The first-order chi connectivity index (χ1) is 8.38. The van der Waals surface area contributed by atoms with Crippen LogP contribution < -0.4 is 16.0 Å². The van der Waals surface area contributed by atoms with Crippen molar-refractivity contribution in [1.82, 2.24) is 10.1 Å². The second-order valence-corrected chi connectivity index (χ2v) is 5.88. The van der Waals surface area contributed by atoms with E-state index in [0.717, 1.165) is 0 Å². The Morgan fingerprint density at radius 2 is 1.78 bits per heavy atom. The van der Waals surface area contributed by atoms with Crippen molar-refractivity contribution < 1.29 is 13.2 Å². The molecule has 0 aliphatic heterocycles. The van der Waals surface area contributed by atoms with Crippen LogP contribution in [0.25, 0.3) is 0 Å². The molecule has 0 saturated carbocycles. The van der Waals surface area contributed by atoms with E-state index in [1.165, 1.54) is 12.1 Å². The third-order valence-corrected chi connectivity index (χ3v) is 3.88. The molecule has 0 heterocycles. The van der Waals surface area contributed by atoms with Gasteiger partial charge in [-0.1, -0.05) is 32.0 Å².